The first-order valence-electron chi connectivity index (χ1n) is 7.19. The van der Waals surface area contributed by atoms with E-state index in [-0.39, 0.29) is 12.5 Å². The average Bonchev–Trinajstić information content (AvgIpc) is 2.61. The lowest BCUT2D eigenvalue weighted by atomic mass is 10.2. The van der Waals surface area contributed by atoms with Gasteiger partial charge < -0.3 is 20.1 Å². The highest BCUT2D eigenvalue weighted by atomic mass is 79.9. The van der Waals surface area contributed by atoms with Gasteiger partial charge in [0.25, 0.3) is 5.91 Å². The fraction of sp³-hybridized carbons (Fsp3) is 0.176. The number of rotatable bonds is 6. The van der Waals surface area contributed by atoms with Crippen LogP contribution in [0.1, 0.15) is 10.4 Å². The minimum atomic E-state index is -0.421. The molecule has 2 rings (SSSR count). The summed E-state index contributed by atoms with van der Waals surface area (Å²) in [6.45, 7) is -0.178. The van der Waals surface area contributed by atoms with Gasteiger partial charge in [-0.1, -0.05) is 11.6 Å². The standard InChI is InChI=1S/C17H16BrClN2O4/c1-24-13-7-10(8-14(25-2)16(13)18)17(23)20-9-15(22)21-12-5-3-11(19)4-6-12/h3-8H,9H2,1-2H3,(H,20,23)(H,21,22). The summed E-state index contributed by atoms with van der Waals surface area (Å²) in [6, 6.07) is 9.78. The topological polar surface area (TPSA) is 76.7 Å². The van der Waals surface area contributed by atoms with Crippen LogP contribution in [0.3, 0.4) is 0 Å². The van der Waals surface area contributed by atoms with Gasteiger partial charge in [-0.05, 0) is 52.3 Å². The fourth-order valence-corrected chi connectivity index (χ4v) is 2.68. The Balaban J connectivity index is 2.00. The molecule has 132 valence electrons. The van der Waals surface area contributed by atoms with Crippen LogP contribution in [-0.4, -0.2) is 32.6 Å². The highest BCUT2D eigenvalue weighted by Crippen LogP contribution is 2.35. The van der Waals surface area contributed by atoms with Crippen molar-refractivity contribution in [1.82, 2.24) is 5.32 Å². The average molecular weight is 428 g/mol. The summed E-state index contributed by atoms with van der Waals surface area (Å²) in [4.78, 5) is 24.2. The third-order valence-corrected chi connectivity index (χ3v) is 4.28. The second-order valence-electron chi connectivity index (χ2n) is 4.93. The molecule has 0 bridgehead atoms. The molecule has 0 spiro atoms. The summed E-state index contributed by atoms with van der Waals surface area (Å²) in [5.74, 6) is 0.132. The zero-order chi connectivity index (χ0) is 18.4. The molecule has 0 saturated carbocycles. The van der Waals surface area contributed by atoms with Crippen LogP contribution in [0.2, 0.25) is 5.02 Å². The monoisotopic (exact) mass is 426 g/mol. The molecule has 2 amide bonds. The molecule has 2 aromatic carbocycles. The van der Waals surface area contributed by atoms with Crippen molar-refractivity contribution in [2.24, 2.45) is 0 Å². The van der Waals surface area contributed by atoms with E-state index in [0.29, 0.717) is 32.2 Å². The summed E-state index contributed by atoms with van der Waals surface area (Å²) in [6.07, 6.45) is 0. The number of benzene rings is 2. The number of ether oxygens (including phenoxy) is 2. The van der Waals surface area contributed by atoms with Gasteiger partial charge in [0, 0.05) is 16.3 Å². The van der Waals surface area contributed by atoms with Gasteiger partial charge in [-0.15, -0.1) is 0 Å². The highest BCUT2D eigenvalue weighted by molar-refractivity contribution is 9.10. The molecule has 8 heteroatoms. The van der Waals surface area contributed by atoms with E-state index in [9.17, 15) is 9.59 Å². The Morgan fingerprint density at radius 2 is 1.64 bits per heavy atom. The SMILES string of the molecule is COc1cc(C(=O)NCC(=O)Nc2ccc(Cl)cc2)cc(OC)c1Br. The molecule has 2 aromatic rings. The van der Waals surface area contributed by atoms with Crippen LogP contribution in [0, 0.1) is 0 Å². The quantitative estimate of drug-likeness (QED) is 0.740. The molecule has 0 aliphatic heterocycles. The molecule has 0 aliphatic rings. The molecule has 0 radical (unpaired) electrons. The van der Waals surface area contributed by atoms with Gasteiger partial charge in [-0.3, -0.25) is 9.59 Å². The van der Waals surface area contributed by atoms with E-state index in [0.717, 1.165) is 0 Å². The van der Waals surface area contributed by atoms with Crippen LogP contribution < -0.4 is 20.1 Å². The van der Waals surface area contributed by atoms with Crippen LogP contribution in [0.5, 0.6) is 11.5 Å². The predicted molar refractivity (Wildman–Crippen MR) is 99.7 cm³/mol. The molecule has 0 aliphatic carbocycles. The van der Waals surface area contributed by atoms with Crippen molar-refractivity contribution in [2.45, 2.75) is 0 Å². The predicted octanol–water partition coefficient (Wildman–Crippen LogP) is 3.49. The Labute approximate surface area is 158 Å². The summed E-state index contributed by atoms with van der Waals surface area (Å²) >= 11 is 9.12. The zero-order valence-electron chi connectivity index (χ0n) is 13.6. The first kappa shape index (κ1) is 19.1. The maximum absolute atomic E-state index is 12.3. The number of halogens is 2. The zero-order valence-corrected chi connectivity index (χ0v) is 15.9. The van der Waals surface area contributed by atoms with Crippen molar-refractivity contribution in [3.8, 4) is 11.5 Å². The van der Waals surface area contributed by atoms with E-state index in [1.54, 1.807) is 36.4 Å². The molecule has 0 atom stereocenters. The van der Waals surface area contributed by atoms with Crippen molar-refractivity contribution < 1.29 is 19.1 Å². The maximum Gasteiger partial charge on any atom is 0.251 e. The first-order chi connectivity index (χ1) is 11.9. The molecule has 2 N–H and O–H groups in total. The van der Waals surface area contributed by atoms with E-state index < -0.39 is 5.91 Å². The molecule has 0 unspecified atom stereocenters. The van der Waals surface area contributed by atoms with E-state index in [2.05, 4.69) is 26.6 Å². The van der Waals surface area contributed by atoms with Crippen LogP contribution >= 0.6 is 27.5 Å². The molecular formula is C17H16BrClN2O4. The number of anilines is 1. The van der Waals surface area contributed by atoms with Gasteiger partial charge >= 0.3 is 0 Å². The smallest absolute Gasteiger partial charge is 0.251 e. The van der Waals surface area contributed by atoms with E-state index in [4.69, 9.17) is 21.1 Å². The third kappa shape index (κ3) is 5.11. The number of nitrogens with one attached hydrogen (secondary N) is 2. The third-order valence-electron chi connectivity index (χ3n) is 3.25. The van der Waals surface area contributed by atoms with Gasteiger partial charge in [0.2, 0.25) is 5.91 Å². The normalized spacial score (nSPS) is 10.1. The van der Waals surface area contributed by atoms with Gasteiger partial charge in [-0.25, -0.2) is 0 Å². The second-order valence-corrected chi connectivity index (χ2v) is 6.16. The Morgan fingerprint density at radius 1 is 1.08 bits per heavy atom. The van der Waals surface area contributed by atoms with Crippen LogP contribution in [0.4, 0.5) is 5.69 Å². The number of carbonyl (C=O) groups is 2. The minimum Gasteiger partial charge on any atom is -0.495 e. The van der Waals surface area contributed by atoms with Crippen LogP contribution in [-0.2, 0) is 4.79 Å². The van der Waals surface area contributed by atoms with Crippen molar-refractivity contribution in [2.75, 3.05) is 26.1 Å². The van der Waals surface area contributed by atoms with Crippen molar-refractivity contribution in [1.29, 1.82) is 0 Å². The Morgan fingerprint density at radius 3 is 2.16 bits per heavy atom. The number of hydrogen-bond acceptors (Lipinski definition) is 4. The van der Waals surface area contributed by atoms with Gasteiger partial charge in [0.05, 0.1) is 20.8 Å². The molecule has 0 aromatic heterocycles. The molecule has 6 nitrogen and oxygen atoms in total. The van der Waals surface area contributed by atoms with Crippen molar-refractivity contribution in [3.63, 3.8) is 0 Å². The molecule has 0 saturated heterocycles. The molecule has 0 fully saturated rings. The number of methoxy groups -OCH3 is 2. The summed E-state index contributed by atoms with van der Waals surface area (Å²) in [5.41, 5.74) is 0.909. The van der Waals surface area contributed by atoms with Crippen LogP contribution in [0.25, 0.3) is 0 Å². The first-order valence-corrected chi connectivity index (χ1v) is 8.37. The lowest BCUT2D eigenvalue weighted by Gasteiger charge is -2.12. The summed E-state index contributed by atoms with van der Waals surface area (Å²) in [7, 11) is 2.97. The summed E-state index contributed by atoms with van der Waals surface area (Å²) < 4.78 is 11.0. The molecular weight excluding hydrogens is 412 g/mol. The Hall–Kier alpha value is -2.25. The van der Waals surface area contributed by atoms with Crippen molar-refractivity contribution >= 4 is 45.0 Å². The minimum absolute atomic E-state index is 0.178. The maximum atomic E-state index is 12.3. The highest BCUT2D eigenvalue weighted by Gasteiger charge is 2.15. The summed E-state index contributed by atoms with van der Waals surface area (Å²) in [5, 5.41) is 5.78. The Bertz CT molecular complexity index is 756. The number of hydrogen-bond donors (Lipinski definition) is 2. The van der Waals surface area contributed by atoms with E-state index in [1.165, 1.54) is 14.2 Å². The van der Waals surface area contributed by atoms with Gasteiger partial charge in [0.15, 0.2) is 0 Å². The number of carbonyl (C=O) groups excluding carboxylic acids is 2. The lowest BCUT2D eigenvalue weighted by Crippen LogP contribution is -2.32. The molecule has 0 heterocycles. The number of amides is 2. The second kappa shape index (κ2) is 8.73. The fourth-order valence-electron chi connectivity index (χ4n) is 2.00. The lowest BCUT2D eigenvalue weighted by molar-refractivity contribution is -0.115. The Kier molecular flexibility index (Phi) is 6.66. The van der Waals surface area contributed by atoms with Gasteiger partial charge in [0.1, 0.15) is 16.0 Å². The van der Waals surface area contributed by atoms with Crippen molar-refractivity contribution in [3.05, 3.63) is 51.5 Å². The molecule has 25 heavy (non-hydrogen) atoms. The van der Waals surface area contributed by atoms with E-state index in [1.807, 2.05) is 0 Å². The van der Waals surface area contributed by atoms with Gasteiger partial charge in [-0.2, -0.15) is 0 Å². The van der Waals surface area contributed by atoms with Crippen LogP contribution in [0.15, 0.2) is 40.9 Å². The largest absolute Gasteiger partial charge is 0.495 e. The van der Waals surface area contributed by atoms with E-state index >= 15 is 0 Å².